The predicted molar refractivity (Wildman–Crippen MR) is 49.3 cm³/mol. The Morgan fingerprint density at radius 3 is 2.77 bits per heavy atom. The molecule has 1 atom stereocenters. The second-order valence-electron chi connectivity index (χ2n) is 4.67. The maximum absolute atomic E-state index is 11.7. The quantitative estimate of drug-likeness (QED) is 0.612. The minimum atomic E-state index is -0.121. The van der Waals surface area contributed by atoms with E-state index < -0.39 is 0 Å². The van der Waals surface area contributed by atoms with E-state index in [-0.39, 0.29) is 5.41 Å². The fourth-order valence-corrected chi connectivity index (χ4v) is 1.80. The van der Waals surface area contributed by atoms with Crippen LogP contribution in [0.2, 0.25) is 0 Å². The number of nitrogens with zero attached hydrogens (tertiary/aromatic N) is 1. The van der Waals surface area contributed by atoms with Crippen LogP contribution in [0.4, 0.5) is 0 Å². The number of ether oxygens (including phenoxy) is 1. The highest BCUT2D eigenvalue weighted by atomic mass is 16.6. The molecule has 2 aliphatic rings. The van der Waals surface area contributed by atoms with Crippen LogP contribution in [0.25, 0.3) is 0 Å². The van der Waals surface area contributed by atoms with Crippen molar-refractivity contribution >= 4 is 5.91 Å². The standard InChI is InChI=1S/C10H17NO2/c1-10(2)4-6-11(9(10)12)5-3-8-7-13-8/h8H,3-7H2,1-2H3. The van der Waals surface area contributed by atoms with Crippen molar-refractivity contribution in [3.05, 3.63) is 0 Å². The number of carbonyl (C=O) groups is 1. The average Bonchev–Trinajstić information content (AvgIpc) is 2.83. The highest BCUT2D eigenvalue weighted by molar-refractivity contribution is 5.83. The van der Waals surface area contributed by atoms with E-state index in [9.17, 15) is 4.79 Å². The van der Waals surface area contributed by atoms with E-state index in [4.69, 9.17) is 4.74 Å². The van der Waals surface area contributed by atoms with Crippen LogP contribution < -0.4 is 0 Å². The Morgan fingerprint density at radius 1 is 1.62 bits per heavy atom. The van der Waals surface area contributed by atoms with Gasteiger partial charge >= 0.3 is 0 Å². The summed E-state index contributed by atoms with van der Waals surface area (Å²) in [6.45, 7) is 6.77. The Bertz CT molecular complexity index is 221. The van der Waals surface area contributed by atoms with Gasteiger partial charge in [0.1, 0.15) is 0 Å². The van der Waals surface area contributed by atoms with Gasteiger partial charge in [0.05, 0.1) is 12.7 Å². The molecule has 0 saturated carbocycles. The molecule has 0 spiro atoms. The van der Waals surface area contributed by atoms with E-state index in [2.05, 4.69) is 0 Å². The highest BCUT2D eigenvalue weighted by Crippen LogP contribution is 2.30. The predicted octanol–water partition coefficient (Wildman–Crippen LogP) is 1.03. The van der Waals surface area contributed by atoms with Gasteiger partial charge in [0.2, 0.25) is 5.91 Å². The molecule has 2 rings (SSSR count). The van der Waals surface area contributed by atoms with E-state index in [0.717, 1.165) is 32.5 Å². The van der Waals surface area contributed by atoms with Crippen molar-refractivity contribution in [3.8, 4) is 0 Å². The molecular formula is C10H17NO2. The number of hydrogen-bond acceptors (Lipinski definition) is 2. The van der Waals surface area contributed by atoms with Gasteiger partial charge in [-0.2, -0.15) is 0 Å². The second kappa shape index (κ2) is 2.98. The first-order valence-electron chi connectivity index (χ1n) is 5.00. The van der Waals surface area contributed by atoms with Crippen molar-refractivity contribution in [2.24, 2.45) is 5.41 Å². The number of amides is 1. The summed E-state index contributed by atoms with van der Waals surface area (Å²) in [4.78, 5) is 13.7. The van der Waals surface area contributed by atoms with Crippen molar-refractivity contribution in [2.75, 3.05) is 19.7 Å². The van der Waals surface area contributed by atoms with Gasteiger partial charge in [0.15, 0.2) is 0 Å². The Hall–Kier alpha value is -0.570. The van der Waals surface area contributed by atoms with Gasteiger partial charge in [-0.3, -0.25) is 4.79 Å². The van der Waals surface area contributed by atoms with Crippen molar-refractivity contribution in [1.29, 1.82) is 0 Å². The highest BCUT2D eigenvalue weighted by Gasteiger charge is 2.38. The van der Waals surface area contributed by atoms with E-state index >= 15 is 0 Å². The maximum atomic E-state index is 11.7. The number of likely N-dealkylation sites (tertiary alicyclic amines) is 1. The SMILES string of the molecule is CC1(C)CCN(CCC2CO2)C1=O. The summed E-state index contributed by atoms with van der Waals surface area (Å²) >= 11 is 0. The molecule has 0 aromatic heterocycles. The fraction of sp³-hybridized carbons (Fsp3) is 0.900. The summed E-state index contributed by atoms with van der Waals surface area (Å²) in [5.41, 5.74) is -0.121. The largest absolute Gasteiger partial charge is 0.373 e. The molecule has 1 amide bonds. The van der Waals surface area contributed by atoms with Crippen molar-refractivity contribution < 1.29 is 9.53 Å². The summed E-state index contributed by atoms with van der Waals surface area (Å²) in [5, 5.41) is 0. The van der Waals surface area contributed by atoms with Crippen LogP contribution in [-0.4, -0.2) is 36.6 Å². The molecule has 0 bridgehead atoms. The molecule has 0 radical (unpaired) electrons. The van der Waals surface area contributed by atoms with E-state index in [1.807, 2.05) is 18.7 Å². The number of hydrogen-bond donors (Lipinski definition) is 0. The first kappa shape index (κ1) is 9.00. The maximum Gasteiger partial charge on any atom is 0.228 e. The lowest BCUT2D eigenvalue weighted by molar-refractivity contribution is -0.134. The van der Waals surface area contributed by atoms with E-state index in [0.29, 0.717) is 12.0 Å². The molecule has 2 heterocycles. The van der Waals surface area contributed by atoms with Crippen molar-refractivity contribution in [2.45, 2.75) is 32.8 Å². The molecule has 0 aliphatic carbocycles. The van der Waals surface area contributed by atoms with Crippen molar-refractivity contribution in [1.82, 2.24) is 4.90 Å². The third-order valence-electron chi connectivity index (χ3n) is 3.00. The molecule has 0 N–H and O–H groups in total. The molecule has 2 fully saturated rings. The fourth-order valence-electron chi connectivity index (χ4n) is 1.80. The van der Waals surface area contributed by atoms with Gasteiger partial charge in [-0.1, -0.05) is 13.8 Å². The van der Waals surface area contributed by atoms with Crippen LogP contribution in [0.1, 0.15) is 26.7 Å². The molecular weight excluding hydrogens is 166 g/mol. The first-order chi connectivity index (χ1) is 6.09. The van der Waals surface area contributed by atoms with Gasteiger partial charge in [0.25, 0.3) is 0 Å². The monoisotopic (exact) mass is 183 g/mol. The Kier molecular flexibility index (Phi) is 2.06. The van der Waals surface area contributed by atoms with Crippen LogP contribution in [0.3, 0.4) is 0 Å². The Labute approximate surface area is 79.0 Å². The molecule has 3 heteroatoms. The zero-order valence-corrected chi connectivity index (χ0v) is 8.38. The van der Waals surface area contributed by atoms with Crippen LogP contribution >= 0.6 is 0 Å². The lowest BCUT2D eigenvalue weighted by Crippen LogP contribution is -2.32. The minimum Gasteiger partial charge on any atom is -0.373 e. The van der Waals surface area contributed by atoms with E-state index in [1.165, 1.54) is 0 Å². The normalized spacial score (nSPS) is 31.1. The zero-order valence-electron chi connectivity index (χ0n) is 8.38. The van der Waals surface area contributed by atoms with Gasteiger partial charge in [-0.25, -0.2) is 0 Å². The lowest BCUT2D eigenvalue weighted by atomic mass is 9.92. The molecule has 13 heavy (non-hydrogen) atoms. The topological polar surface area (TPSA) is 32.8 Å². The molecule has 74 valence electrons. The van der Waals surface area contributed by atoms with Gasteiger partial charge in [-0.15, -0.1) is 0 Å². The van der Waals surface area contributed by atoms with Gasteiger partial charge in [-0.05, 0) is 12.8 Å². The third-order valence-corrected chi connectivity index (χ3v) is 3.00. The van der Waals surface area contributed by atoms with Crippen LogP contribution in [0.5, 0.6) is 0 Å². The Morgan fingerprint density at radius 2 is 2.31 bits per heavy atom. The van der Waals surface area contributed by atoms with Crippen molar-refractivity contribution in [3.63, 3.8) is 0 Å². The number of rotatable bonds is 3. The minimum absolute atomic E-state index is 0.121. The first-order valence-corrected chi connectivity index (χ1v) is 5.00. The number of epoxide rings is 1. The van der Waals surface area contributed by atoms with Crippen LogP contribution in [-0.2, 0) is 9.53 Å². The van der Waals surface area contributed by atoms with Crippen LogP contribution in [0.15, 0.2) is 0 Å². The van der Waals surface area contributed by atoms with E-state index in [1.54, 1.807) is 0 Å². The second-order valence-corrected chi connectivity index (χ2v) is 4.67. The summed E-state index contributed by atoms with van der Waals surface area (Å²) in [6.07, 6.45) is 2.45. The Balaban J connectivity index is 1.83. The summed E-state index contributed by atoms with van der Waals surface area (Å²) in [5.74, 6) is 0.313. The molecule has 1 unspecified atom stereocenters. The number of carbonyl (C=O) groups excluding carboxylic acids is 1. The molecule has 2 saturated heterocycles. The lowest BCUT2D eigenvalue weighted by Gasteiger charge is -2.18. The van der Waals surface area contributed by atoms with Gasteiger partial charge in [0, 0.05) is 18.5 Å². The van der Waals surface area contributed by atoms with Gasteiger partial charge < -0.3 is 9.64 Å². The summed E-state index contributed by atoms with van der Waals surface area (Å²) in [6, 6.07) is 0. The molecule has 2 aliphatic heterocycles. The summed E-state index contributed by atoms with van der Waals surface area (Å²) < 4.78 is 5.12. The molecule has 3 nitrogen and oxygen atoms in total. The molecule has 0 aromatic rings. The zero-order chi connectivity index (χ0) is 9.47. The molecule has 0 aromatic carbocycles. The summed E-state index contributed by atoms with van der Waals surface area (Å²) in [7, 11) is 0. The third kappa shape index (κ3) is 1.85. The smallest absolute Gasteiger partial charge is 0.228 e. The average molecular weight is 183 g/mol. The van der Waals surface area contributed by atoms with Crippen LogP contribution in [0, 0.1) is 5.41 Å².